The van der Waals surface area contributed by atoms with Crippen LogP contribution in [0.1, 0.15) is 22.7 Å². The van der Waals surface area contributed by atoms with Gasteiger partial charge in [0.05, 0.1) is 12.6 Å². The molecule has 1 aliphatic rings. The van der Waals surface area contributed by atoms with E-state index >= 15 is 0 Å². The first-order valence-corrected chi connectivity index (χ1v) is 7.19. The molecule has 0 saturated carbocycles. The number of hydrogen-bond donors (Lipinski definition) is 1. The van der Waals surface area contributed by atoms with Gasteiger partial charge in [0.25, 0.3) is 0 Å². The number of aromatic nitrogens is 1. The smallest absolute Gasteiger partial charge is 0.133 e. The molecule has 1 aromatic heterocycles. The third-order valence-corrected chi connectivity index (χ3v) is 4.25. The lowest BCUT2D eigenvalue weighted by Gasteiger charge is -2.36. The normalized spacial score (nSPS) is 18.8. The molecule has 1 aromatic carbocycles. The van der Waals surface area contributed by atoms with Gasteiger partial charge in [-0.15, -0.1) is 0 Å². The van der Waals surface area contributed by atoms with Crippen molar-refractivity contribution in [1.82, 2.24) is 9.88 Å². The average Bonchev–Trinajstić information content (AvgIpc) is 2.49. The summed E-state index contributed by atoms with van der Waals surface area (Å²) in [4.78, 5) is 6.39. The fraction of sp³-hybridized carbons (Fsp3) is 0.312. The summed E-state index contributed by atoms with van der Waals surface area (Å²) in [5.74, 6) is 0. The van der Waals surface area contributed by atoms with Crippen LogP contribution < -0.4 is 0 Å². The van der Waals surface area contributed by atoms with Crippen LogP contribution in [-0.4, -0.2) is 28.1 Å². The maximum Gasteiger partial charge on any atom is 0.133 e. The fourth-order valence-corrected chi connectivity index (χ4v) is 3.04. The summed E-state index contributed by atoms with van der Waals surface area (Å²) in [5, 5.41) is 10.3. The van der Waals surface area contributed by atoms with Crippen molar-refractivity contribution < 1.29 is 5.11 Å². The van der Waals surface area contributed by atoms with Gasteiger partial charge in [0.2, 0.25) is 0 Å². The second-order valence-corrected chi connectivity index (χ2v) is 5.43. The maximum atomic E-state index is 9.77. The number of rotatable bonds is 3. The van der Waals surface area contributed by atoms with Gasteiger partial charge in [-0.25, -0.2) is 4.98 Å². The van der Waals surface area contributed by atoms with Crippen molar-refractivity contribution in [2.45, 2.75) is 19.0 Å². The first-order chi connectivity index (χ1) is 9.79. The largest absolute Gasteiger partial charge is 0.394 e. The van der Waals surface area contributed by atoms with Crippen LogP contribution in [0.4, 0.5) is 0 Å². The van der Waals surface area contributed by atoms with Crippen LogP contribution in [0.3, 0.4) is 0 Å². The van der Waals surface area contributed by atoms with Gasteiger partial charge in [0.1, 0.15) is 5.15 Å². The Hall–Kier alpha value is -1.42. The van der Waals surface area contributed by atoms with Crippen LogP contribution in [0.2, 0.25) is 5.15 Å². The van der Waals surface area contributed by atoms with E-state index in [1.54, 1.807) is 6.20 Å². The Morgan fingerprint density at radius 2 is 2.10 bits per heavy atom. The Labute approximate surface area is 123 Å². The highest BCUT2D eigenvalue weighted by atomic mass is 35.5. The SMILES string of the molecule is OCC1c2ccccc2CCN1Cc1cccnc1Cl. The Morgan fingerprint density at radius 1 is 1.25 bits per heavy atom. The first-order valence-electron chi connectivity index (χ1n) is 6.81. The van der Waals surface area contributed by atoms with E-state index in [1.165, 1.54) is 11.1 Å². The molecule has 1 unspecified atom stereocenters. The highest BCUT2D eigenvalue weighted by Gasteiger charge is 2.26. The zero-order valence-corrected chi connectivity index (χ0v) is 11.9. The van der Waals surface area contributed by atoms with Crippen LogP contribution in [0.25, 0.3) is 0 Å². The zero-order chi connectivity index (χ0) is 13.9. The van der Waals surface area contributed by atoms with E-state index in [2.05, 4.69) is 28.1 Å². The Bertz CT molecular complexity index is 603. The third-order valence-electron chi connectivity index (χ3n) is 3.91. The molecule has 3 rings (SSSR count). The minimum Gasteiger partial charge on any atom is -0.394 e. The second-order valence-electron chi connectivity index (χ2n) is 5.07. The lowest BCUT2D eigenvalue weighted by Crippen LogP contribution is -2.36. The molecule has 0 radical (unpaired) electrons. The van der Waals surface area contributed by atoms with Crippen molar-refractivity contribution >= 4 is 11.6 Å². The van der Waals surface area contributed by atoms with Crippen molar-refractivity contribution in [3.05, 3.63) is 64.4 Å². The summed E-state index contributed by atoms with van der Waals surface area (Å²) in [5.41, 5.74) is 3.56. The van der Waals surface area contributed by atoms with Crippen molar-refractivity contribution in [1.29, 1.82) is 0 Å². The molecule has 104 valence electrons. The van der Waals surface area contributed by atoms with E-state index < -0.39 is 0 Å². The molecule has 2 aromatic rings. The van der Waals surface area contributed by atoms with Gasteiger partial charge < -0.3 is 5.11 Å². The summed E-state index contributed by atoms with van der Waals surface area (Å²) in [6, 6.07) is 12.3. The molecule has 20 heavy (non-hydrogen) atoms. The number of nitrogens with zero attached hydrogens (tertiary/aromatic N) is 2. The summed E-state index contributed by atoms with van der Waals surface area (Å²) in [6.07, 6.45) is 2.70. The van der Waals surface area contributed by atoms with Gasteiger partial charge in [-0.1, -0.05) is 41.9 Å². The molecule has 1 N–H and O–H groups in total. The number of aliphatic hydroxyl groups excluding tert-OH is 1. The molecule has 0 aliphatic carbocycles. The number of benzene rings is 1. The van der Waals surface area contributed by atoms with E-state index in [-0.39, 0.29) is 12.6 Å². The lowest BCUT2D eigenvalue weighted by atomic mass is 9.92. The highest BCUT2D eigenvalue weighted by Crippen LogP contribution is 2.31. The minimum atomic E-state index is 0.0382. The lowest BCUT2D eigenvalue weighted by molar-refractivity contribution is 0.108. The van der Waals surface area contributed by atoms with E-state index in [1.807, 2.05) is 18.2 Å². The Balaban J connectivity index is 1.87. The van der Waals surface area contributed by atoms with Crippen LogP contribution in [0, 0.1) is 0 Å². The summed E-state index contributed by atoms with van der Waals surface area (Å²) >= 11 is 6.13. The summed E-state index contributed by atoms with van der Waals surface area (Å²) in [7, 11) is 0. The maximum absolute atomic E-state index is 9.77. The van der Waals surface area contributed by atoms with E-state index in [9.17, 15) is 5.11 Å². The van der Waals surface area contributed by atoms with Crippen molar-refractivity contribution in [3.63, 3.8) is 0 Å². The minimum absolute atomic E-state index is 0.0382. The molecule has 0 fully saturated rings. The summed E-state index contributed by atoms with van der Waals surface area (Å²) in [6.45, 7) is 1.76. The molecular formula is C16H17ClN2O. The fourth-order valence-electron chi connectivity index (χ4n) is 2.86. The van der Waals surface area contributed by atoms with Gasteiger partial charge in [-0.2, -0.15) is 0 Å². The van der Waals surface area contributed by atoms with Crippen LogP contribution in [0.5, 0.6) is 0 Å². The van der Waals surface area contributed by atoms with Crippen molar-refractivity contribution in [2.75, 3.05) is 13.2 Å². The Kier molecular flexibility index (Phi) is 4.01. The van der Waals surface area contributed by atoms with Crippen molar-refractivity contribution in [2.24, 2.45) is 0 Å². The first kappa shape index (κ1) is 13.6. The molecule has 0 saturated heterocycles. The molecule has 4 heteroatoms. The van der Waals surface area contributed by atoms with Crippen LogP contribution >= 0.6 is 11.6 Å². The van der Waals surface area contributed by atoms with Gasteiger partial charge >= 0.3 is 0 Å². The summed E-state index contributed by atoms with van der Waals surface area (Å²) < 4.78 is 0. The predicted octanol–water partition coefficient (Wildman–Crippen LogP) is 2.83. The molecule has 1 aliphatic heterocycles. The van der Waals surface area contributed by atoms with Gasteiger partial charge in [0, 0.05) is 24.8 Å². The molecule has 0 bridgehead atoms. The molecule has 0 amide bonds. The van der Waals surface area contributed by atoms with Crippen molar-refractivity contribution in [3.8, 4) is 0 Å². The zero-order valence-electron chi connectivity index (χ0n) is 11.2. The second kappa shape index (κ2) is 5.92. The number of halogens is 1. The van der Waals surface area contributed by atoms with E-state index in [0.717, 1.165) is 18.5 Å². The molecule has 2 heterocycles. The number of aliphatic hydroxyl groups is 1. The standard InChI is InChI=1S/C16H17ClN2O/c17-16-13(5-3-8-18-16)10-19-9-7-12-4-1-2-6-14(12)15(19)11-20/h1-6,8,15,20H,7,9-11H2. The number of pyridine rings is 1. The third kappa shape index (κ3) is 2.57. The quantitative estimate of drug-likeness (QED) is 0.883. The van der Waals surface area contributed by atoms with Gasteiger partial charge in [0.15, 0.2) is 0 Å². The van der Waals surface area contributed by atoms with Gasteiger partial charge in [-0.05, 0) is 23.6 Å². The predicted molar refractivity (Wildman–Crippen MR) is 79.6 cm³/mol. The highest BCUT2D eigenvalue weighted by molar-refractivity contribution is 6.30. The van der Waals surface area contributed by atoms with Crippen LogP contribution in [-0.2, 0) is 13.0 Å². The van der Waals surface area contributed by atoms with Crippen LogP contribution in [0.15, 0.2) is 42.6 Å². The molecule has 0 spiro atoms. The molecule has 1 atom stereocenters. The topological polar surface area (TPSA) is 36.4 Å². The Morgan fingerprint density at radius 3 is 2.90 bits per heavy atom. The van der Waals surface area contributed by atoms with E-state index in [4.69, 9.17) is 11.6 Å². The van der Waals surface area contributed by atoms with Gasteiger partial charge in [-0.3, -0.25) is 4.90 Å². The average molecular weight is 289 g/mol. The number of fused-ring (bicyclic) bond motifs is 1. The molecular weight excluding hydrogens is 272 g/mol. The molecule has 3 nitrogen and oxygen atoms in total. The van der Waals surface area contributed by atoms with E-state index in [0.29, 0.717) is 11.7 Å². The monoisotopic (exact) mass is 288 g/mol. The number of hydrogen-bond acceptors (Lipinski definition) is 3.